The minimum atomic E-state index is -3.56. The van der Waals surface area contributed by atoms with Crippen LogP contribution in [0.1, 0.15) is 5.56 Å². The maximum atomic E-state index is 12.4. The van der Waals surface area contributed by atoms with E-state index in [1.54, 1.807) is 42.5 Å². The zero-order valence-electron chi connectivity index (χ0n) is 14.7. The molecule has 2 rings (SSSR count). The normalized spacial score (nSPS) is 12.3. The number of nitrogens with zero attached hydrogens (tertiary/aromatic N) is 2. The van der Waals surface area contributed by atoms with E-state index in [2.05, 4.69) is 10.3 Å². The van der Waals surface area contributed by atoms with Crippen LogP contribution in [-0.2, 0) is 16.6 Å². The molecule has 0 aliphatic heterocycles. The molecule has 3 N–H and O–H groups in total. The average Bonchev–Trinajstić information content (AvgIpc) is 2.60. The topological polar surface area (TPSA) is 97.0 Å². The van der Waals surface area contributed by atoms with Gasteiger partial charge >= 0.3 is 0 Å². The Hall–Kier alpha value is -2.29. The molecule has 0 unspecified atom stereocenters. The first-order chi connectivity index (χ1) is 12.3. The Morgan fingerprint density at radius 1 is 1.27 bits per heavy atom. The van der Waals surface area contributed by atoms with E-state index in [0.29, 0.717) is 22.0 Å². The first kappa shape index (κ1) is 20.0. The van der Waals surface area contributed by atoms with Crippen LogP contribution >= 0.6 is 11.6 Å². The first-order valence-electron chi connectivity index (χ1n) is 7.66. The molecule has 0 amide bonds. The monoisotopic (exact) mass is 396 g/mol. The summed E-state index contributed by atoms with van der Waals surface area (Å²) >= 11 is 6.07. The van der Waals surface area contributed by atoms with Crippen LogP contribution in [0, 0.1) is 0 Å². The third-order valence-corrected chi connectivity index (χ3v) is 5.79. The summed E-state index contributed by atoms with van der Waals surface area (Å²) in [4.78, 5) is 4.42. The third kappa shape index (κ3) is 4.66. The van der Waals surface area contributed by atoms with Crippen molar-refractivity contribution in [2.75, 3.05) is 26.5 Å². The summed E-state index contributed by atoms with van der Waals surface area (Å²) < 4.78 is 31.0. The van der Waals surface area contributed by atoms with E-state index >= 15 is 0 Å². The van der Waals surface area contributed by atoms with E-state index in [9.17, 15) is 8.42 Å². The molecule has 140 valence electrons. The lowest BCUT2D eigenvalue weighted by Crippen LogP contribution is -2.24. The number of hydrogen-bond donors (Lipinski definition) is 2. The van der Waals surface area contributed by atoms with Crippen molar-refractivity contribution in [3.05, 3.63) is 53.1 Å². The molecule has 0 fully saturated rings. The molecule has 0 spiro atoms. The number of methoxy groups -OCH3 is 1. The SMILES string of the molecule is COc1ccc(NC(N)=NCc2ccccc2S(=O)(=O)N(C)C)cc1Cl. The zero-order chi connectivity index (χ0) is 19.3. The first-order valence-corrected chi connectivity index (χ1v) is 9.48. The van der Waals surface area contributed by atoms with E-state index in [0.717, 1.165) is 4.31 Å². The van der Waals surface area contributed by atoms with Crippen molar-refractivity contribution in [2.45, 2.75) is 11.4 Å². The Labute approximate surface area is 158 Å². The van der Waals surface area contributed by atoms with Gasteiger partial charge in [-0.3, -0.25) is 0 Å². The van der Waals surface area contributed by atoms with E-state index in [1.165, 1.54) is 21.2 Å². The van der Waals surface area contributed by atoms with Crippen LogP contribution in [0.5, 0.6) is 5.75 Å². The fourth-order valence-electron chi connectivity index (χ4n) is 2.18. The van der Waals surface area contributed by atoms with Gasteiger partial charge in [-0.2, -0.15) is 0 Å². The van der Waals surface area contributed by atoms with Crippen molar-refractivity contribution in [1.29, 1.82) is 0 Å². The van der Waals surface area contributed by atoms with Gasteiger partial charge in [-0.15, -0.1) is 0 Å². The molecule has 0 bridgehead atoms. The summed E-state index contributed by atoms with van der Waals surface area (Å²) in [6.07, 6.45) is 0. The van der Waals surface area contributed by atoms with E-state index in [1.807, 2.05) is 0 Å². The predicted molar refractivity (Wildman–Crippen MR) is 104 cm³/mol. The fourth-order valence-corrected chi connectivity index (χ4v) is 3.55. The quantitative estimate of drug-likeness (QED) is 0.577. The Balaban J connectivity index is 2.19. The van der Waals surface area contributed by atoms with Gasteiger partial charge in [0.2, 0.25) is 10.0 Å². The highest BCUT2D eigenvalue weighted by Crippen LogP contribution is 2.27. The molecule has 2 aromatic rings. The van der Waals surface area contributed by atoms with E-state index in [4.69, 9.17) is 22.1 Å². The predicted octanol–water partition coefficient (Wildman–Crippen LogP) is 2.53. The number of nitrogens with two attached hydrogens (primary N) is 1. The number of sulfonamides is 1. The Kier molecular flexibility index (Phi) is 6.47. The maximum absolute atomic E-state index is 12.4. The number of nitrogens with one attached hydrogen (secondary N) is 1. The highest BCUT2D eigenvalue weighted by Gasteiger charge is 2.20. The van der Waals surface area contributed by atoms with Crippen molar-refractivity contribution in [2.24, 2.45) is 10.7 Å². The van der Waals surface area contributed by atoms with Crippen LogP contribution in [-0.4, -0.2) is 39.9 Å². The van der Waals surface area contributed by atoms with Gasteiger partial charge in [-0.05, 0) is 29.8 Å². The van der Waals surface area contributed by atoms with E-state index in [-0.39, 0.29) is 17.4 Å². The molecule has 2 aromatic carbocycles. The minimum Gasteiger partial charge on any atom is -0.495 e. The number of guanidine groups is 1. The zero-order valence-corrected chi connectivity index (χ0v) is 16.3. The third-order valence-electron chi connectivity index (χ3n) is 3.58. The van der Waals surface area contributed by atoms with Crippen molar-refractivity contribution < 1.29 is 13.2 Å². The van der Waals surface area contributed by atoms with E-state index < -0.39 is 10.0 Å². The number of benzene rings is 2. The molecule has 7 nitrogen and oxygen atoms in total. The maximum Gasteiger partial charge on any atom is 0.242 e. The molecule has 0 saturated heterocycles. The number of anilines is 1. The largest absolute Gasteiger partial charge is 0.495 e. The van der Waals surface area contributed by atoms with Gasteiger partial charge in [0, 0.05) is 19.8 Å². The molecule has 0 atom stereocenters. The summed E-state index contributed by atoms with van der Waals surface area (Å²) in [5.41, 5.74) is 7.10. The van der Waals surface area contributed by atoms with Gasteiger partial charge in [0.05, 0.1) is 23.6 Å². The molecule has 26 heavy (non-hydrogen) atoms. The molecule has 0 radical (unpaired) electrons. The molecule has 0 aliphatic rings. The van der Waals surface area contributed by atoms with Crippen LogP contribution in [0.25, 0.3) is 0 Å². The summed E-state index contributed by atoms with van der Waals surface area (Å²) in [6.45, 7) is 0.117. The van der Waals surface area contributed by atoms with Crippen molar-refractivity contribution in [3.8, 4) is 5.75 Å². The van der Waals surface area contributed by atoms with Gasteiger partial charge in [-0.1, -0.05) is 29.8 Å². The van der Waals surface area contributed by atoms with Crippen LogP contribution in [0.15, 0.2) is 52.4 Å². The second-order valence-electron chi connectivity index (χ2n) is 5.57. The summed E-state index contributed by atoms with van der Waals surface area (Å²) in [6, 6.07) is 11.8. The van der Waals surface area contributed by atoms with Crippen LogP contribution in [0.2, 0.25) is 5.02 Å². The van der Waals surface area contributed by atoms with Crippen molar-refractivity contribution >= 4 is 33.3 Å². The molecule has 0 aromatic heterocycles. The van der Waals surface area contributed by atoms with Gasteiger partial charge in [0.15, 0.2) is 5.96 Å². The van der Waals surface area contributed by atoms with Crippen LogP contribution < -0.4 is 15.8 Å². The lowest BCUT2D eigenvalue weighted by atomic mass is 10.2. The number of halogens is 1. The lowest BCUT2D eigenvalue weighted by Gasteiger charge is -2.14. The molecular formula is C17H21ClN4O3S. The number of rotatable bonds is 6. The average molecular weight is 397 g/mol. The minimum absolute atomic E-state index is 0.117. The lowest BCUT2D eigenvalue weighted by molar-refractivity contribution is 0.415. The number of aliphatic imine (C=N–C) groups is 1. The number of ether oxygens (including phenoxy) is 1. The van der Waals surface area contributed by atoms with Gasteiger partial charge in [0.1, 0.15) is 5.75 Å². The van der Waals surface area contributed by atoms with Gasteiger partial charge in [-0.25, -0.2) is 17.7 Å². The standard InChI is InChI=1S/C17H21ClN4O3S/c1-22(2)26(23,24)16-7-5-4-6-12(16)11-20-17(19)21-13-8-9-15(25-3)14(18)10-13/h4-10H,11H2,1-3H3,(H3,19,20,21). The van der Waals surface area contributed by atoms with Crippen LogP contribution in [0.3, 0.4) is 0 Å². The molecule has 0 aliphatic carbocycles. The Morgan fingerprint density at radius 3 is 2.58 bits per heavy atom. The van der Waals surface area contributed by atoms with Gasteiger partial charge in [0.25, 0.3) is 0 Å². The highest BCUT2D eigenvalue weighted by atomic mass is 35.5. The second kappa shape index (κ2) is 8.39. The highest BCUT2D eigenvalue weighted by molar-refractivity contribution is 7.89. The summed E-state index contributed by atoms with van der Waals surface area (Å²) in [7, 11) is 0.945. The van der Waals surface area contributed by atoms with Crippen molar-refractivity contribution in [3.63, 3.8) is 0 Å². The van der Waals surface area contributed by atoms with Gasteiger partial charge < -0.3 is 15.8 Å². The molecule has 0 heterocycles. The summed E-state index contributed by atoms with van der Waals surface area (Å²) in [5.74, 6) is 0.693. The summed E-state index contributed by atoms with van der Waals surface area (Å²) in [5, 5.41) is 3.35. The Morgan fingerprint density at radius 2 is 1.96 bits per heavy atom. The molecule has 9 heteroatoms. The smallest absolute Gasteiger partial charge is 0.242 e. The Bertz CT molecular complexity index is 914. The second-order valence-corrected chi connectivity index (χ2v) is 8.10. The molecular weight excluding hydrogens is 376 g/mol. The number of hydrogen-bond acceptors (Lipinski definition) is 4. The van der Waals surface area contributed by atoms with Crippen LogP contribution in [0.4, 0.5) is 5.69 Å². The fraction of sp³-hybridized carbons (Fsp3) is 0.235. The molecule has 0 saturated carbocycles. The van der Waals surface area contributed by atoms with Crippen molar-refractivity contribution in [1.82, 2.24) is 4.31 Å².